The van der Waals surface area contributed by atoms with Crippen molar-refractivity contribution in [2.24, 2.45) is 0 Å². The number of carbonyl (C=O) groups excluding carboxylic acids is 2. The number of alkyl carbamates (subject to hydrolysis) is 1. The van der Waals surface area contributed by atoms with Crippen molar-refractivity contribution in [3.05, 3.63) is 65.7 Å². The molecule has 32 heavy (non-hydrogen) atoms. The summed E-state index contributed by atoms with van der Waals surface area (Å²) >= 11 is 0. The highest BCUT2D eigenvalue weighted by atomic mass is 16.6. The first kappa shape index (κ1) is 23.6. The van der Waals surface area contributed by atoms with Crippen molar-refractivity contribution >= 4 is 12.0 Å². The number of rotatable bonds is 8. The standard InChI is InChI=1S/C25H32N2O5/c1-18(16-28)27-24(30)32-20-12-14-25(15-13-20,19-8-4-3-5-9-19)17-26-23(29)21-10-6-7-11-22(21)31-2/h3-11,18,20,28H,12-17H2,1-2H3,(H,26,29)(H,27,30)/t18-,20?,25?/m0/s1. The van der Waals surface area contributed by atoms with Gasteiger partial charge in [0.25, 0.3) is 5.91 Å². The highest BCUT2D eigenvalue weighted by Gasteiger charge is 2.38. The maximum absolute atomic E-state index is 12.9. The summed E-state index contributed by atoms with van der Waals surface area (Å²) in [6.07, 6.45) is 2.24. The summed E-state index contributed by atoms with van der Waals surface area (Å²) in [5.74, 6) is 0.368. The Hall–Kier alpha value is -3.06. The molecule has 2 aromatic rings. The minimum absolute atomic E-state index is 0.136. The van der Waals surface area contributed by atoms with E-state index in [2.05, 4.69) is 22.8 Å². The molecule has 0 radical (unpaired) electrons. The van der Waals surface area contributed by atoms with Gasteiger partial charge in [0.05, 0.1) is 25.3 Å². The van der Waals surface area contributed by atoms with E-state index in [1.54, 1.807) is 26.2 Å². The van der Waals surface area contributed by atoms with Crippen molar-refractivity contribution in [3.63, 3.8) is 0 Å². The van der Waals surface area contributed by atoms with Gasteiger partial charge in [0, 0.05) is 12.0 Å². The van der Waals surface area contributed by atoms with Crippen LogP contribution in [0.2, 0.25) is 0 Å². The maximum atomic E-state index is 12.9. The lowest BCUT2D eigenvalue weighted by atomic mass is 9.68. The summed E-state index contributed by atoms with van der Waals surface area (Å²) in [4.78, 5) is 24.9. The van der Waals surface area contributed by atoms with Crippen LogP contribution in [-0.4, -0.2) is 49.5 Å². The zero-order chi connectivity index (χ0) is 23.0. The van der Waals surface area contributed by atoms with Gasteiger partial charge in [-0.05, 0) is 50.3 Å². The van der Waals surface area contributed by atoms with Gasteiger partial charge >= 0.3 is 6.09 Å². The van der Waals surface area contributed by atoms with Crippen molar-refractivity contribution < 1.29 is 24.2 Å². The summed E-state index contributed by atoms with van der Waals surface area (Å²) in [5.41, 5.74) is 1.43. The van der Waals surface area contributed by atoms with Crippen molar-refractivity contribution in [1.82, 2.24) is 10.6 Å². The number of amides is 2. The molecule has 7 nitrogen and oxygen atoms in total. The Balaban J connectivity index is 1.68. The molecule has 2 aromatic carbocycles. The molecule has 1 fully saturated rings. The van der Waals surface area contributed by atoms with Crippen molar-refractivity contribution in [1.29, 1.82) is 0 Å². The fourth-order valence-corrected chi connectivity index (χ4v) is 4.23. The van der Waals surface area contributed by atoms with Gasteiger partial charge in [0.2, 0.25) is 0 Å². The highest BCUT2D eigenvalue weighted by Crippen LogP contribution is 2.40. The molecule has 1 aliphatic carbocycles. The van der Waals surface area contributed by atoms with E-state index >= 15 is 0 Å². The van der Waals surface area contributed by atoms with E-state index in [0.717, 1.165) is 18.4 Å². The third-order valence-corrected chi connectivity index (χ3v) is 6.13. The summed E-state index contributed by atoms with van der Waals surface area (Å²) in [7, 11) is 1.55. The summed E-state index contributed by atoms with van der Waals surface area (Å²) < 4.78 is 10.9. The molecule has 7 heteroatoms. The molecule has 0 bridgehead atoms. The van der Waals surface area contributed by atoms with E-state index in [0.29, 0.717) is 30.7 Å². The summed E-state index contributed by atoms with van der Waals surface area (Å²) in [6.45, 7) is 2.06. The van der Waals surface area contributed by atoms with E-state index in [1.807, 2.05) is 30.3 Å². The molecule has 0 saturated heterocycles. The molecule has 2 amide bonds. The quantitative estimate of drug-likeness (QED) is 0.585. The number of aliphatic hydroxyl groups is 1. The molecule has 0 heterocycles. The van der Waals surface area contributed by atoms with Crippen LogP contribution in [0.25, 0.3) is 0 Å². The third kappa shape index (κ3) is 5.79. The average Bonchev–Trinajstić information content (AvgIpc) is 2.84. The Bertz CT molecular complexity index is 894. The number of hydrogen-bond acceptors (Lipinski definition) is 5. The minimum atomic E-state index is -0.506. The van der Waals surface area contributed by atoms with Gasteiger partial charge in [0.1, 0.15) is 11.9 Å². The van der Waals surface area contributed by atoms with E-state index in [9.17, 15) is 9.59 Å². The smallest absolute Gasteiger partial charge is 0.407 e. The maximum Gasteiger partial charge on any atom is 0.407 e. The molecule has 1 atom stereocenters. The molecule has 172 valence electrons. The van der Waals surface area contributed by atoms with Gasteiger partial charge in [-0.1, -0.05) is 42.5 Å². The summed E-state index contributed by atoms with van der Waals surface area (Å²) in [6, 6.07) is 17.0. The fraction of sp³-hybridized carbons (Fsp3) is 0.440. The third-order valence-electron chi connectivity index (χ3n) is 6.13. The SMILES string of the molecule is COc1ccccc1C(=O)NCC1(c2ccccc2)CCC(OC(=O)N[C@@H](C)CO)CC1. The first-order chi connectivity index (χ1) is 15.5. The fourth-order valence-electron chi connectivity index (χ4n) is 4.23. The number of methoxy groups -OCH3 is 1. The molecule has 1 aliphatic rings. The lowest BCUT2D eigenvalue weighted by molar-refractivity contribution is 0.0533. The second-order valence-corrected chi connectivity index (χ2v) is 8.36. The minimum Gasteiger partial charge on any atom is -0.496 e. The Morgan fingerprint density at radius 1 is 1.09 bits per heavy atom. The lowest BCUT2D eigenvalue weighted by Crippen LogP contribution is -2.45. The predicted molar refractivity (Wildman–Crippen MR) is 122 cm³/mol. The summed E-state index contributed by atoms with van der Waals surface area (Å²) in [5, 5.41) is 14.8. The topological polar surface area (TPSA) is 96.9 Å². The number of nitrogens with one attached hydrogen (secondary N) is 2. The average molecular weight is 441 g/mol. The molecular formula is C25H32N2O5. The van der Waals surface area contributed by atoms with Crippen LogP contribution in [0.5, 0.6) is 5.75 Å². The van der Waals surface area contributed by atoms with Crippen molar-refractivity contribution in [2.75, 3.05) is 20.3 Å². The molecule has 3 N–H and O–H groups in total. The molecular weight excluding hydrogens is 408 g/mol. The number of hydrogen-bond donors (Lipinski definition) is 3. The van der Waals surface area contributed by atoms with Gasteiger partial charge in [-0.3, -0.25) is 4.79 Å². The number of aliphatic hydroxyl groups excluding tert-OH is 1. The van der Waals surface area contributed by atoms with Crippen LogP contribution in [0, 0.1) is 0 Å². The van der Waals surface area contributed by atoms with Gasteiger partial charge in [0.15, 0.2) is 0 Å². The van der Waals surface area contributed by atoms with Crippen molar-refractivity contribution in [2.45, 2.75) is 50.2 Å². The highest BCUT2D eigenvalue weighted by molar-refractivity contribution is 5.96. The molecule has 0 aromatic heterocycles. The van der Waals surface area contributed by atoms with Crippen LogP contribution < -0.4 is 15.4 Å². The number of para-hydroxylation sites is 1. The predicted octanol–water partition coefficient (Wildman–Crippen LogP) is 3.41. The van der Waals surface area contributed by atoms with E-state index in [1.165, 1.54) is 0 Å². The normalized spacial score (nSPS) is 21.3. The molecule has 3 rings (SSSR count). The zero-order valence-corrected chi connectivity index (χ0v) is 18.7. The Kier molecular flexibility index (Phi) is 8.11. The lowest BCUT2D eigenvalue weighted by Gasteiger charge is -2.40. The molecule has 0 aliphatic heterocycles. The Morgan fingerprint density at radius 2 is 1.75 bits per heavy atom. The van der Waals surface area contributed by atoms with E-state index in [-0.39, 0.29) is 30.1 Å². The van der Waals surface area contributed by atoms with Gasteiger partial charge in [-0.2, -0.15) is 0 Å². The second kappa shape index (κ2) is 11.0. The van der Waals surface area contributed by atoms with Gasteiger partial charge in [-0.15, -0.1) is 0 Å². The first-order valence-electron chi connectivity index (χ1n) is 11.0. The monoisotopic (exact) mass is 440 g/mol. The van der Waals surface area contributed by atoms with Crippen LogP contribution in [0.1, 0.15) is 48.5 Å². The molecule has 1 saturated carbocycles. The van der Waals surface area contributed by atoms with Crippen LogP contribution in [0.15, 0.2) is 54.6 Å². The van der Waals surface area contributed by atoms with Crippen molar-refractivity contribution in [3.8, 4) is 5.75 Å². The Labute approximate surface area is 189 Å². The van der Waals surface area contributed by atoms with Gasteiger partial charge < -0.3 is 25.2 Å². The van der Waals surface area contributed by atoms with Crippen LogP contribution in [-0.2, 0) is 10.2 Å². The Morgan fingerprint density at radius 3 is 2.41 bits per heavy atom. The number of carbonyl (C=O) groups is 2. The first-order valence-corrected chi connectivity index (χ1v) is 11.0. The zero-order valence-electron chi connectivity index (χ0n) is 18.7. The number of ether oxygens (including phenoxy) is 2. The van der Waals surface area contributed by atoms with Crippen LogP contribution >= 0.6 is 0 Å². The second-order valence-electron chi connectivity index (χ2n) is 8.36. The van der Waals surface area contributed by atoms with E-state index < -0.39 is 6.09 Å². The largest absolute Gasteiger partial charge is 0.496 e. The van der Waals surface area contributed by atoms with Gasteiger partial charge in [-0.25, -0.2) is 4.79 Å². The molecule has 0 spiro atoms. The van der Waals surface area contributed by atoms with Crippen LogP contribution in [0.4, 0.5) is 4.79 Å². The number of benzene rings is 2. The van der Waals surface area contributed by atoms with Crippen LogP contribution in [0.3, 0.4) is 0 Å². The molecule has 0 unspecified atom stereocenters. The van der Waals surface area contributed by atoms with E-state index in [4.69, 9.17) is 14.6 Å².